The van der Waals surface area contributed by atoms with Crippen molar-refractivity contribution in [2.75, 3.05) is 31.6 Å². The van der Waals surface area contributed by atoms with Crippen molar-refractivity contribution in [3.05, 3.63) is 18.0 Å². The molecule has 0 bridgehead atoms. The van der Waals surface area contributed by atoms with Crippen LogP contribution in [0.3, 0.4) is 0 Å². The van der Waals surface area contributed by atoms with Crippen molar-refractivity contribution in [2.45, 2.75) is 44.6 Å². The van der Waals surface area contributed by atoms with Crippen LogP contribution in [0.15, 0.2) is 12.4 Å². The van der Waals surface area contributed by atoms with E-state index in [1.165, 1.54) is 6.42 Å². The maximum Gasteiger partial charge on any atom is 0.225 e. The standard InChI is InChI=1S/C18H26N4O2/c1-13-9-20-17(21-10-13)19-7-5-15-6-8-24-18(15)11-22(12-18)16(23)14-3-2-4-14/h9-10,14-15H,2-8,11-12H2,1H3,(H,19,20,21)/t15-/m0/s1. The zero-order chi connectivity index (χ0) is 16.6. The fraction of sp³-hybridized carbons (Fsp3) is 0.722. The number of amides is 1. The maximum absolute atomic E-state index is 12.3. The number of hydrogen-bond acceptors (Lipinski definition) is 5. The third-order valence-corrected chi connectivity index (χ3v) is 5.84. The van der Waals surface area contributed by atoms with Gasteiger partial charge in [-0.15, -0.1) is 0 Å². The Kier molecular flexibility index (Phi) is 4.16. The van der Waals surface area contributed by atoms with Gasteiger partial charge < -0.3 is 15.0 Å². The molecule has 6 heteroatoms. The molecular formula is C18H26N4O2. The number of nitrogens with zero attached hydrogens (tertiary/aromatic N) is 3. The van der Waals surface area contributed by atoms with E-state index in [1.807, 2.05) is 24.2 Å². The molecule has 4 rings (SSSR count). The molecule has 6 nitrogen and oxygen atoms in total. The lowest BCUT2D eigenvalue weighted by Gasteiger charge is -2.51. The summed E-state index contributed by atoms with van der Waals surface area (Å²) in [6.07, 6.45) is 9.13. The van der Waals surface area contributed by atoms with E-state index in [2.05, 4.69) is 15.3 Å². The highest BCUT2D eigenvalue weighted by Crippen LogP contribution is 2.43. The van der Waals surface area contributed by atoms with Gasteiger partial charge in [-0.1, -0.05) is 6.42 Å². The fourth-order valence-corrected chi connectivity index (χ4v) is 4.05. The molecule has 0 aromatic carbocycles. The number of carbonyl (C=O) groups is 1. The van der Waals surface area contributed by atoms with Crippen LogP contribution in [0.1, 0.15) is 37.7 Å². The Balaban J connectivity index is 1.26. The zero-order valence-electron chi connectivity index (χ0n) is 14.3. The van der Waals surface area contributed by atoms with Crippen molar-refractivity contribution < 1.29 is 9.53 Å². The molecule has 1 N–H and O–H groups in total. The number of aromatic nitrogens is 2. The number of ether oxygens (including phenoxy) is 1. The summed E-state index contributed by atoms with van der Waals surface area (Å²) in [7, 11) is 0. The Morgan fingerprint density at radius 2 is 2.08 bits per heavy atom. The van der Waals surface area contributed by atoms with Gasteiger partial charge in [0.1, 0.15) is 5.60 Å². The largest absolute Gasteiger partial charge is 0.371 e. The first-order chi connectivity index (χ1) is 11.7. The molecular weight excluding hydrogens is 304 g/mol. The van der Waals surface area contributed by atoms with Gasteiger partial charge in [0.25, 0.3) is 0 Å². The van der Waals surface area contributed by atoms with Crippen LogP contribution < -0.4 is 5.32 Å². The molecule has 1 aliphatic carbocycles. The molecule has 1 amide bonds. The quantitative estimate of drug-likeness (QED) is 0.894. The van der Waals surface area contributed by atoms with Gasteiger partial charge in [-0.25, -0.2) is 9.97 Å². The van der Waals surface area contributed by atoms with Gasteiger partial charge in [-0.3, -0.25) is 4.79 Å². The first-order valence-electron chi connectivity index (χ1n) is 9.11. The van der Waals surface area contributed by atoms with E-state index < -0.39 is 0 Å². The van der Waals surface area contributed by atoms with Gasteiger partial charge in [0.2, 0.25) is 11.9 Å². The number of hydrogen-bond donors (Lipinski definition) is 1. The second kappa shape index (κ2) is 6.31. The van der Waals surface area contributed by atoms with Crippen LogP contribution in [0, 0.1) is 18.8 Å². The van der Waals surface area contributed by atoms with E-state index in [9.17, 15) is 4.79 Å². The van der Waals surface area contributed by atoms with Crippen LogP contribution in [-0.4, -0.2) is 52.6 Å². The average Bonchev–Trinajstić information content (AvgIpc) is 2.90. The van der Waals surface area contributed by atoms with Crippen LogP contribution >= 0.6 is 0 Å². The summed E-state index contributed by atoms with van der Waals surface area (Å²) in [5, 5.41) is 3.30. The second-order valence-corrected chi connectivity index (χ2v) is 7.52. The summed E-state index contributed by atoms with van der Waals surface area (Å²) in [5.41, 5.74) is 0.976. The molecule has 24 heavy (non-hydrogen) atoms. The Morgan fingerprint density at radius 1 is 1.33 bits per heavy atom. The Morgan fingerprint density at radius 3 is 2.75 bits per heavy atom. The molecule has 1 atom stereocenters. The number of nitrogens with one attached hydrogen (secondary N) is 1. The van der Waals surface area contributed by atoms with Crippen LogP contribution in [0.2, 0.25) is 0 Å². The predicted molar refractivity (Wildman–Crippen MR) is 90.6 cm³/mol. The van der Waals surface area contributed by atoms with Crippen molar-refractivity contribution in [2.24, 2.45) is 11.8 Å². The molecule has 1 aromatic rings. The van der Waals surface area contributed by atoms with Gasteiger partial charge in [0.15, 0.2) is 0 Å². The molecule has 3 aliphatic rings. The third kappa shape index (κ3) is 2.88. The molecule has 2 saturated heterocycles. The first kappa shape index (κ1) is 15.8. The number of likely N-dealkylation sites (tertiary alicyclic amines) is 1. The van der Waals surface area contributed by atoms with Gasteiger partial charge in [-0.2, -0.15) is 0 Å². The van der Waals surface area contributed by atoms with E-state index in [1.54, 1.807) is 0 Å². The molecule has 1 saturated carbocycles. The first-order valence-corrected chi connectivity index (χ1v) is 9.11. The minimum absolute atomic E-state index is 0.0881. The average molecular weight is 330 g/mol. The van der Waals surface area contributed by atoms with E-state index in [4.69, 9.17) is 4.74 Å². The Bertz CT molecular complexity index is 594. The van der Waals surface area contributed by atoms with Crippen LogP contribution in [-0.2, 0) is 9.53 Å². The maximum atomic E-state index is 12.3. The number of aryl methyl sites for hydroxylation is 1. The highest BCUT2D eigenvalue weighted by Gasteiger charge is 2.54. The number of anilines is 1. The smallest absolute Gasteiger partial charge is 0.225 e. The number of rotatable bonds is 5. The van der Waals surface area contributed by atoms with Crippen molar-refractivity contribution in [1.82, 2.24) is 14.9 Å². The molecule has 3 heterocycles. The third-order valence-electron chi connectivity index (χ3n) is 5.84. The Hall–Kier alpha value is -1.69. The molecule has 3 fully saturated rings. The van der Waals surface area contributed by atoms with Crippen molar-refractivity contribution in [3.63, 3.8) is 0 Å². The molecule has 0 unspecified atom stereocenters. The van der Waals surface area contributed by atoms with E-state index in [-0.39, 0.29) is 5.60 Å². The summed E-state index contributed by atoms with van der Waals surface area (Å²) in [4.78, 5) is 22.9. The summed E-state index contributed by atoms with van der Waals surface area (Å²) in [6.45, 7) is 5.21. The van der Waals surface area contributed by atoms with Crippen molar-refractivity contribution in [1.29, 1.82) is 0 Å². The topological polar surface area (TPSA) is 67.4 Å². The van der Waals surface area contributed by atoms with E-state index >= 15 is 0 Å². The number of carbonyl (C=O) groups excluding carboxylic acids is 1. The molecule has 0 radical (unpaired) electrons. The van der Waals surface area contributed by atoms with Crippen molar-refractivity contribution in [3.8, 4) is 0 Å². The second-order valence-electron chi connectivity index (χ2n) is 7.52. The fourth-order valence-electron chi connectivity index (χ4n) is 4.05. The lowest BCUT2D eigenvalue weighted by Crippen LogP contribution is -2.67. The lowest BCUT2D eigenvalue weighted by atomic mass is 9.76. The predicted octanol–water partition coefficient (Wildman–Crippen LogP) is 2.00. The SMILES string of the molecule is Cc1cnc(NCC[C@H]2CCOC23CN(C(=O)C2CCC2)C3)nc1. The molecule has 2 aliphatic heterocycles. The normalized spacial score (nSPS) is 25.4. The van der Waals surface area contributed by atoms with Crippen LogP contribution in [0.25, 0.3) is 0 Å². The van der Waals surface area contributed by atoms with E-state index in [0.29, 0.717) is 23.7 Å². The molecule has 1 aromatic heterocycles. The van der Waals surface area contributed by atoms with Crippen molar-refractivity contribution >= 4 is 11.9 Å². The van der Waals surface area contributed by atoms with E-state index in [0.717, 1.165) is 57.5 Å². The Labute approximate surface area is 143 Å². The minimum Gasteiger partial charge on any atom is -0.371 e. The monoisotopic (exact) mass is 330 g/mol. The molecule has 130 valence electrons. The van der Waals surface area contributed by atoms with Gasteiger partial charge in [0.05, 0.1) is 13.1 Å². The lowest BCUT2D eigenvalue weighted by molar-refractivity contribution is -0.171. The van der Waals surface area contributed by atoms with Gasteiger partial charge >= 0.3 is 0 Å². The summed E-state index contributed by atoms with van der Waals surface area (Å²) in [5.74, 6) is 1.85. The highest BCUT2D eigenvalue weighted by atomic mass is 16.5. The van der Waals surface area contributed by atoms with Crippen LogP contribution in [0.4, 0.5) is 5.95 Å². The molecule has 1 spiro atoms. The highest BCUT2D eigenvalue weighted by molar-refractivity contribution is 5.80. The minimum atomic E-state index is -0.0881. The van der Waals surface area contributed by atoms with Gasteiger partial charge in [0, 0.05) is 31.5 Å². The van der Waals surface area contributed by atoms with Crippen LogP contribution in [0.5, 0.6) is 0 Å². The summed E-state index contributed by atoms with van der Waals surface area (Å²) >= 11 is 0. The summed E-state index contributed by atoms with van der Waals surface area (Å²) < 4.78 is 6.07. The van der Waals surface area contributed by atoms with Gasteiger partial charge in [-0.05, 0) is 44.1 Å². The zero-order valence-corrected chi connectivity index (χ0v) is 14.3. The summed E-state index contributed by atoms with van der Waals surface area (Å²) in [6, 6.07) is 0.